The summed E-state index contributed by atoms with van der Waals surface area (Å²) >= 11 is 0. The van der Waals surface area contributed by atoms with Crippen molar-refractivity contribution in [3.8, 4) is 5.75 Å². The lowest BCUT2D eigenvalue weighted by Gasteiger charge is -2.22. The highest BCUT2D eigenvalue weighted by Gasteiger charge is 2.22. The molecule has 0 unspecified atom stereocenters. The standard InChI is InChI=1S/C21H25N3O3/c25-20(12-17-27-19-10-5-2-6-11-19)23-13-7-14-24(16-15-23)21(26)22-18-8-3-1-4-9-18/h1-6,8-11H,7,12-17H2,(H,22,26). The summed E-state index contributed by atoms with van der Waals surface area (Å²) in [6, 6.07) is 18.8. The number of amides is 3. The van der Waals surface area contributed by atoms with E-state index in [-0.39, 0.29) is 11.9 Å². The third-order valence-corrected chi connectivity index (χ3v) is 4.49. The minimum absolute atomic E-state index is 0.0660. The van der Waals surface area contributed by atoms with Crippen molar-refractivity contribution in [1.82, 2.24) is 9.80 Å². The van der Waals surface area contributed by atoms with Gasteiger partial charge in [0.15, 0.2) is 0 Å². The lowest BCUT2D eigenvalue weighted by atomic mass is 10.3. The fourth-order valence-electron chi connectivity index (χ4n) is 3.02. The van der Waals surface area contributed by atoms with Crippen LogP contribution in [0.1, 0.15) is 12.8 Å². The largest absolute Gasteiger partial charge is 0.493 e. The predicted octanol–water partition coefficient (Wildman–Crippen LogP) is 3.22. The first-order chi connectivity index (χ1) is 13.2. The van der Waals surface area contributed by atoms with Crippen molar-refractivity contribution in [2.24, 2.45) is 0 Å². The van der Waals surface area contributed by atoms with Gasteiger partial charge in [0.05, 0.1) is 13.0 Å². The molecule has 1 N–H and O–H groups in total. The molecule has 1 fully saturated rings. The highest BCUT2D eigenvalue weighted by Crippen LogP contribution is 2.11. The molecule has 3 rings (SSSR count). The van der Waals surface area contributed by atoms with Crippen molar-refractivity contribution in [1.29, 1.82) is 0 Å². The molecule has 0 radical (unpaired) electrons. The summed E-state index contributed by atoms with van der Waals surface area (Å²) in [6.45, 7) is 2.75. The highest BCUT2D eigenvalue weighted by molar-refractivity contribution is 5.89. The number of rotatable bonds is 5. The van der Waals surface area contributed by atoms with E-state index < -0.39 is 0 Å². The van der Waals surface area contributed by atoms with Crippen LogP contribution < -0.4 is 10.1 Å². The van der Waals surface area contributed by atoms with Gasteiger partial charge in [0.2, 0.25) is 5.91 Å². The van der Waals surface area contributed by atoms with Crippen LogP contribution >= 0.6 is 0 Å². The van der Waals surface area contributed by atoms with Gasteiger partial charge in [0, 0.05) is 31.9 Å². The van der Waals surface area contributed by atoms with Crippen LogP contribution in [0.5, 0.6) is 5.75 Å². The fourth-order valence-corrected chi connectivity index (χ4v) is 3.02. The summed E-state index contributed by atoms with van der Waals surface area (Å²) in [5, 5.41) is 2.90. The summed E-state index contributed by atoms with van der Waals surface area (Å²) in [4.78, 5) is 28.4. The Balaban J connectivity index is 1.43. The molecule has 2 aromatic carbocycles. The fraction of sp³-hybridized carbons (Fsp3) is 0.333. The summed E-state index contributed by atoms with van der Waals surface area (Å²) in [5.74, 6) is 0.834. The molecule has 6 heteroatoms. The zero-order chi connectivity index (χ0) is 18.9. The number of ether oxygens (including phenoxy) is 1. The van der Waals surface area contributed by atoms with Gasteiger partial charge >= 0.3 is 6.03 Å². The van der Waals surface area contributed by atoms with Crippen LogP contribution in [0.15, 0.2) is 60.7 Å². The summed E-state index contributed by atoms with van der Waals surface area (Å²) in [6.07, 6.45) is 1.11. The second-order valence-electron chi connectivity index (χ2n) is 6.43. The molecule has 1 aliphatic heterocycles. The maximum absolute atomic E-state index is 12.4. The molecule has 0 bridgehead atoms. The van der Waals surface area contributed by atoms with Crippen molar-refractivity contribution in [2.75, 3.05) is 38.1 Å². The van der Waals surface area contributed by atoms with Crippen molar-refractivity contribution in [3.63, 3.8) is 0 Å². The van der Waals surface area contributed by atoms with E-state index in [1.165, 1.54) is 0 Å². The van der Waals surface area contributed by atoms with E-state index in [0.29, 0.717) is 39.2 Å². The van der Waals surface area contributed by atoms with Crippen molar-refractivity contribution in [3.05, 3.63) is 60.7 Å². The zero-order valence-corrected chi connectivity index (χ0v) is 15.3. The van der Waals surface area contributed by atoms with E-state index in [0.717, 1.165) is 17.9 Å². The molecule has 142 valence electrons. The van der Waals surface area contributed by atoms with Gasteiger partial charge in [-0.3, -0.25) is 4.79 Å². The second-order valence-corrected chi connectivity index (χ2v) is 6.43. The third-order valence-electron chi connectivity index (χ3n) is 4.49. The number of carbonyl (C=O) groups excluding carboxylic acids is 2. The predicted molar refractivity (Wildman–Crippen MR) is 105 cm³/mol. The van der Waals surface area contributed by atoms with E-state index >= 15 is 0 Å². The first kappa shape index (κ1) is 18.8. The first-order valence-electron chi connectivity index (χ1n) is 9.29. The maximum Gasteiger partial charge on any atom is 0.321 e. The van der Waals surface area contributed by atoms with Gasteiger partial charge in [0.25, 0.3) is 0 Å². The Bertz CT molecular complexity index is 737. The average Bonchev–Trinajstić information content (AvgIpc) is 2.96. The number of nitrogens with zero attached hydrogens (tertiary/aromatic N) is 2. The Labute approximate surface area is 159 Å². The van der Waals surface area contributed by atoms with E-state index in [1.807, 2.05) is 65.6 Å². The maximum atomic E-state index is 12.4. The molecule has 3 amide bonds. The highest BCUT2D eigenvalue weighted by atomic mass is 16.5. The number of carbonyl (C=O) groups is 2. The Morgan fingerprint density at radius 3 is 2.22 bits per heavy atom. The van der Waals surface area contributed by atoms with Crippen LogP contribution in [0.25, 0.3) is 0 Å². The van der Waals surface area contributed by atoms with Gasteiger partial charge in [-0.1, -0.05) is 36.4 Å². The van der Waals surface area contributed by atoms with Crippen molar-refractivity contribution < 1.29 is 14.3 Å². The lowest BCUT2D eigenvalue weighted by molar-refractivity contribution is -0.131. The topological polar surface area (TPSA) is 61.9 Å². The van der Waals surface area contributed by atoms with Crippen LogP contribution in [0.3, 0.4) is 0 Å². The number of para-hydroxylation sites is 2. The van der Waals surface area contributed by atoms with E-state index in [1.54, 1.807) is 4.90 Å². The molecule has 1 heterocycles. The van der Waals surface area contributed by atoms with Crippen molar-refractivity contribution in [2.45, 2.75) is 12.8 Å². The SMILES string of the molecule is O=C(CCOc1ccccc1)N1CCCN(C(=O)Nc2ccccc2)CC1. The Hall–Kier alpha value is -3.02. The first-order valence-corrected chi connectivity index (χ1v) is 9.29. The molecule has 27 heavy (non-hydrogen) atoms. The minimum Gasteiger partial charge on any atom is -0.493 e. The lowest BCUT2D eigenvalue weighted by Crippen LogP contribution is -2.39. The number of anilines is 1. The molecule has 0 saturated carbocycles. The summed E-state index contributed by atoms with van der Waals surface area (Å²) < 4.78 is 5.60. The van der Waals surface area contributed by atoms with Crippen LogP contribution in [0, 0.1) is 0 Å². The zero-order valence-electron chi connectivity index (χ0n) is 15.3. The number of urea groups is 1. The van der Waals surface area contributed by atoms with Gasteiger partial charge < -0.3 is 19.9 Å². The molecule has 0 aromatic heterocycles. The minimum atomic E-state index is -0.122. The molecule has 6 nitrogen and oxygen atoms in total. The molecule has 2 aromatic rings. The van der Waals surface area contributed by atoms with Gasteiger partial charge in [-0.2, -0.15) is 0 Å². The smallest absolute Gasteiger partial charge is 0.321 e. The summed E-state index contributed by atoms with van der Waals surface area (Å²) in [7, 11) is 0. The second kappa shape index (κ2) is 9.62. The molecular formula is C21H25N3O3. The van der Waals surface area contributed by atoms with E-state index in [9.17, 15) is 9.59 Å². The van der Waals surface area contributed by atoms with Gasteiger partial charge in [0.1, 0.15) is 5.75 Å². The van der Waals surface area contributed by atoms with Crippen LogP contribution in [0.4, 0.5) is 10.5 Å². The number of hydrogen-bond acceptors (Lipinski definition) is 3. The van der Waals surface area contributed by atoms with E-state index in [4.69, 9.17) is 4.74 Å². The van der Waals surface area contributed by atoms with Crippen molar-refractivity contribution >= 4 is 17.6 Å². The molecule has 0 aliphatic carbocycles. The monoisotopic (exact) mass is 367 g/mol. The Morgan fingerprint density at radius 1 is 0.852 bits per heavy atom. The Kier molecular flexibility index (Phi) is 6.68. The Morgan fingerprint density at radius 2 is 1.48 bits per heavy atom. The molecule has 1 saturated heterocycles. The quantitative estimate of drug-likeness (QED) is 0.883. The van der Waals surface area contributed by atoms with E-state index in [2.05, 4.69) is 5.32 Å². The average molecular weight is 367 g/mol. The number of hydrogen-bond donors (Lipinski definition) is 1. The van der Waals surface area contributed by atoms with Crippen LogP contribution in [-0.2, 0) is 4.79 Å². The number of benzene rings is 2. The molecule has 0 spiro atoms. The van der Waals surface area contributed by atoms with Gasteiger partial charge in [-0.25, -0.2) is 4.79 Å². The normalized spacial score (nSPS) is 14.4. The third kappa shape index (κ3) is 5.74. The molecular weight excluding hydrogens is 342 g/mol. The van der Waals surface area contributed by atoms with Gasteiger partial charge in [-0.05, 0) is 30.7 Å². The number of nitrogens with one attached hydrogen (secondary N) is 1. The molecule has 0 atom stereocenters. The van der Waals surface area contributed by atoms with Gasteiger partial charge in [-0.15, -0.1) is 0 Å². The van der Waals surface area contributed by atoms with Crippen LogP contribution in [-0.4, -0.2) is 54.5 Å². The molecule has 1 aliphatic rings. The summed E-state index contributed by atoms with van der Waals surface area (Å²) in [5.41, 5.74) is 0.776. The van der Waals surface area contributed by atoms with Crippen LogP contribution in [0.2, 0.25) is 0 Å².